The van der Waals surface area contributed by atoms with E-state index in [0.29, 0.717) is 36.8 Å². The van der Waals surface area contributed by atoms with Crippen LogP contribution >= 0.6 is 0 Å². The summed E-state index contributed by atoms with van der Waals surface area (Å²) in [4.78, 5) is 27.4. The molecule has 2 aliphatic rings. The van der Waals surface area contributed by atoms with Gasteiger partial charge < -0.3 is 0 Å². The molecule has 2 unspecified atom stereocenters. The molecule has 0 amide bonds. The van der Waals surface area contributed by atoms with Crippen LogP contribution in [0.25, 0.3) is 0 Å². The van der Waals surface area contributed by atoms with Crippen LogP contribution in [0.4, 0.5) is 0 Å². The van der Waals surface area contributed by atoms with Crippen molar-refractivity contribution in [2.45, 2.75) is 19.3 Å². The van der Waals surface area contributed by atoms with E-state index in [0.717, 1.165) is 12.8 Å². The smallest absolute Gasteiger partial charge is 0.211 e. The van der Waals surface area contributed by atoms with Crippen LogP contribution < -0.4 is 0 Å². The van der Waals surface area contributed by atoms with Crippen molar-refractivity contribution in [2.75, 3.05) is 13.1 Å². The Bertz CT molecular complexity index is 297. The van der Waals surface area contributed by atoms with Crippen molar-refractivity contribution in [1.29, 1.82) is 0 Å². The molecule has 4 heteroatoms. The van der Waals surface area contributed by atoms with Gasteiger partial charge in [-0.25, -0.2) is 19.6 Å². The normalized spacial score (nSPS) is 37.1. The summed E-state index contributed by atoms with van der Waals surface area (Å²) in [7, 11) is 0. The molecule has 0 aromatic rings. The maximum Gasteiger partial charge on any atom is 0.234 e. The molecule has 15 heavy (non-hydrogen) atoms. The summed E-state index contributed by atoms with van der Waals surface area (Å²) < 4.78 is 0. The van der Waals surface area contributed by atoms with Crippen molar-refractivity contribution in [2.24, 2.45) is 33.7 Å². The largest absolute Gasteiger partial charge is 0.234 e. The van der Waals surface area contributed by atoms with Crippen LogP contribution in [0.2, 0.25) is 0 Å². The highest BCUT2D eigenvalue weighted by atomic mass is 16.1. The van der Waals surface area contributed by atoms with E-state index in [4.69, 9.17) is 0 Å². The summed E-state index contributed by atoms with van der Waals surface area (Å²) >= 11 is 0. The van der Waals surface area contributed by atoms with E-state index in [1.54, 1.807) is 12.2 Å². The highest BCUT2D eigenvalue weighted by molar-refractivity contribution is 5.33. The van der Waals surface area contributed by atoms with Crippen molar-refractivity contribution < 1.29 is 9.59 Å². The number of nitrogens with zero attached hydrogens (tertiary/aromatic N) is 2. The van der Waals surface area contributed by atoms with Crippen molar-refractivity contribution in [3.8, 4) is 0 Å². The molecule has 0 spiro atoms. The summed E-state index contributed by atoms with van der Waals surface area (Å²) in [6.07, 6.45) is 6.70. The third-order valence-electron chi connectivity index (χ3n) is 3.93. The van der Waals surface area contributed by atoms with E-state index in [1.165, 1.54) is 6.42 Å². The fourth-order valence-electron chi connectivity index (χ4n) is 3.27. The van der Waals surface area contributed by atoms with E-state index < -0.39 is 0 Å². The van der Waals surface area contributed by atoms with Crippen LogP contribution in [0.1, 0.15) is 19.3 Å². The minimum atomic E-state index is 0.563. The molecule has 4 nitrogen and oxygen atoms in total. The van der Waals surface area contributed by atoms with E-state index >= 15 is 0 Å². The maximum absolute atomic E-state index is 10.0. The summed E-state index contributed by atoms with van der Waals surface area (Å²) in [5, 5.41) is 0. The lowest BCUT2D eigenvalue weighted by Gasteiger charge is -2.25. The van der Waals surface area contributed by atoms with Crippen molar-refractivity contribution in [1.82, 2.24) is 0 Å². The van der Waals surface area contributed by atoms with Gasteiger partial charge in [-0.3, -0.25) is 0 Å². The van der Waals surface area contributed by atoms with Gasteiger partial charge in [0.2, 0.25) is 12.2 Å². The molecule has 0 aliphatic heterocycles. The summed E-state index contributed by atoms with van der Waals surface area (Å²) in [5.74, 6) is 2.48. The second kappa shape index (κ2) is 4.52. The van der Waals surface area contributed by atoms with Gasteiger partial charge in [0, 0.05) is 0 Å². The van der Waals surface area contributed by atoms with Gasteiger partial charge in [0.25, 0.3) is 0 Å². The quantitative estimate of drug-likeness (QED) is 0.514. The maximum atomic E-state index is 10.0. The Hall–Kier alpha value is -1.24. The fourth-order valence-corrected chi connectivity index (χ4v) is 3.27. The first-order valence-corrected chi connectivity index (χ1v) is 5.42. The highest BCUT2D eigenvalue weighted by Crippen LogP contribution is 2.51. The van der Waals surface area contributed by atoms with Crippen LogP contribution in [-0.4, -0.2) is 25.2 Å². The van der Waals surface area contributed by atoms with Gasteiger partial charge >= 0.3 is 0 Å². The Balaban J connectivity index is 1.88. The Morgan fingerprint density at radius 3 is 1.67 bits per heavy atom. The number of isocyanates is 2. The molecule has 0 aromatic heterocycles. The summed E-state index contributed by atoms with van der Waals surface area (Å²) in [5.41, 5.74) is 0. The Morgan fingerprint density at radius 1 is 0.867 bits per heavy atom. The first-order chi connectivity index (χ1) is 7.35. The first kappa shape index (κ1) is 10.3. The Morgan fingerprint density at radius 2 is 1.33 bits per heavy atom. The first-order valence-electron chi connectivity index (χ1n) is 5.42. The van der Waals surface area contributed by atoms with Crippen LogP contribution in [0, 0.1) is 23.7 Å². The lowest BCUT2D eigenvalue weighted by Crippen LogP contribution is -2.21. The van der Waals surface area contributed by atoms with Gasteiger partial charge in [0.1, 0.15) is 0 Å². The molecule has 2 bridgehead atoms. The average Bonchev–Trinajstić information content (AvgIpc) is 2.82. The number of hydrogen-bond donors (Lipinski definition) is 0. The predicted octanol–water partition coefficient (Wildman–Crippen LogP) is 1.32. The van der Waals surface area contributed by atoms with Crippen LogP contribution in [0.3, 0.4) is 0 Å². The average molecular weight is 206 g/mol. The number of hydrogen-bond acceptors (Lipinski definition) is 4. The molecular formula is C11H14N2O2. The molecular weight excluding hydrogens is 192 g/mol. The zero-order valence-electron chi connectivity index (χ0n) is 8.56. The molecule has 0 heterocycles. The third kappa shape index (κ3) is 2.06. The predicted molar refractivity (Wildman–Crippen MR) is 53.8 cm³/mol. The second-order valence-electron chi connectivity index (χ2n) is 4.61. The molecule has 2 rings (SSSR count). The zero-order chi connectivity index (χ0) is 10.7. The second-order valence-corrected chi connectivity index (χ2v) is 4.61. The SMILES string of the molecule is O=C=NCC1C[C@H]2C[C@@H]1CC2CN=C=O. The van der Waals surface area contributed by atoms with Gasteiger partial charge in [0.05, 0.1) is 13.1 Å². The lowest BCUT2D eigenvalue weighted by molar-refractivity contribution is 0.267. The number of carbonyl (C=O) groups excluding carboxylic acids is 2. The molecule has 2 saturated carbocycles. The highest BCUT2D eigenvalue weighted by Gasteiger charge is 2.45. The van der Waals surface area contributed by atoms with E-state index in [9.17, 15) is 9.59 Å². The molecule has 2 fully saturated rings. The molecule has 0 N–H and O–H groups in total. The van der Waals surface area contributed by atoms with E-state index in [1.807, 2.05) is 0 Å². The minimum absolute atomic E-state index is 0.563. The summed E-state index contributed by atoms with van der Waals surface area (Å²) in [6.45, 7) is 1.27. The van der Waals surface area contributed by atoms with Crippen LogP contribution in [0.15, 0.2) is 9.98 Å². The molecule has 80 valence electrons. The van der Waals surface area contributed by atoms with E-state index in [2.05, 4.69) is 9.98 Å². The molecule has 2 aliphatic carbocycles. The standard InChI is InChI=1S/C11H14N2O2/c14-6-12-4-10-2-8-1-9(10)3-11(8)5-13-7-15/h8-11H,1-5H2/t8-,9-,10?,11?/m1/s1. The molecule has 0 radical (unpaired) electrons. The number of aliphatic imine (C=N–C) groups is 2. The van der Waals surface area contributed by atoms with Gasteiger partial charge in [-0.1, -0.05) is 0 Å². The topological polar surface area (TPSA) is 58.9 Å². The number of rotatable bonds is 4. The van der Waals surface area contributed by atoms with Crippen molar-refractivity contribution in [3.05, 3.63) is 0 Å². The Labute approximate surface area is 88.5 Å². The van der Waals surface area contributed by atoms with Gasteiger partial charge in [-0.15, -0.1) is 0 Å². The van der Waals surface area contributed by atoms with Gasteiger partial charge in [-0.05, 0) is 42.9 Å². The zero-order valence-corrected chi connectivity index (χ0v) is 8.56. The minimum Gasteiger partial charge on any atom is -0.211 e. The molecule has 0 saturated heterocycles. The van der Waals surface area contributed by atoms with Gasteiger partial charge in [0.15, 0.2) is 0 Å². The van der Waals surface area contributed by atoms with E-state index in [-0.39, 0.29) is 0 Å². The van der Waals surface area contributed by atoms with Crippen molar-refractivity contribution >= 4 is 12.2 Å². The van der Waals surface area contributed by atoms with Crippen molar-refractivity contribution in [3.63, 3.8) is 0 Å². The van der Waals surface area contributed by atoms with Crippen LogP contribution in [0.5, 0.6) is 0 Å². The summed E-state index contributed by atoms with van der Waals surface area (Å²) in [6, 6.07) is 0. The van der Waals surface area contributed by atoms with Crippen LogP contribution in [-0.2, 0) is 9.59 Å². The monoisotopic (exact) mass is 206 g/mol. The molecule has 4 atom stereocenters. The lowest BCUT2D eigenvalue weighted by atomic mass is 9.82. The van der Waals surface area contributed by atoms with Gasteiger partial charge in [-0.2, -0.15) is 0 Å². The number of fused-ring (bicyclic) bond motifs is 2. The Kier molecular flexibility index (Phi) is 3.10. The third-order valence-corrected chi connectivity index (χ3v) is 3.93. The molecule has 0 aromatic carbocycles. The fraction of sp³-hybridized carbons (Fsp3) is 0.818.